The molecular formula is C31H37N7O4. The van der Waals surface area contributed by atoms with E-state index < -0.39 is 18.3 Å². The van der Waals surface area contributed by atoms with Crippen molar-refractivity contribution >= 4 is 28.8 Å². The number of imidazole rings is 1. The van der Waals surface area contributed by atoms with Gasteiger partial charge in [-0.3, -0.25) is 4.79 Å². The van der Waals surface area contributed by atoms with Gasteiger partial charge in [0.2, 0.25) is 11.6 Å². The van der Waals surface area contributed by atoms with Crippen molar-refractivity contribution in [3.63, 3.8) is 0 Å². The van der Waals surface area contributed by atoms with Crippen LogP contribution in [0.15, 0.2) is 67.0 Å². The van der Waals surface area contributed by atoms with Crippen molar-refractivity contribution in [2.24, 2.45) is 0 Å². The molecule has 1 saturated heterocycles. The maximum Gasteiger partial charge on any atom is 0.251 e. The fourth-order valence-electron chi connectivity index (χ4n) is 5.73. The Hall–Kier alpha value is -4.22. The van der Waals surface area contributed by atoms with E-state index in [4.69, 9.17) is 19.5 Å². The summed E-state index contributed by atoms with van der Waals surface area (Å²) in [6, 6.07) is 21.1. The van der Waals surface area contributed by atoms with E-state index in [-0.39, 0.29) is 18.4 Å². The Balaban J connectivity index is 1.29. The predicted molar refractivity (Wildman–Crippen MR) is 159 cm³/mol. The number of nitrogens with zero attached hydrogens (tertiary/aromatic N) is 4. The fourth-order valence-corrected chi connectivity index (χ4v) is 5.73. The molecule has 0 spiro atoms. The van der Waals surface area contributed by atoms with Gasteiger partial charge in [-0.05, 0) is 30.9 Å². The van der Waals surface area contributed by atoms with Crippen LogP contribution in [0.2, 0.25) is 0 Å². The molecule has 4 N–H and O–H groups in total. The van der Waals surface area contributed by atoms with Gasteiger partial charge in [-0.1, -0.05) is 73.5 Å². The largest absolute Gasteiger partial charge is 0.402 e. The van der Waals surface area contributed by atoms with Crippen LogP contribution in [0.4, 0.5) is 11.8 Å². The molecule has 3 atom stereocenters. The van der Waals surface area contributed by atoms with Crippen molar-refractivity contribution in [2.45, 2.75) is 62.9 Å². The van der Waals surface area contributed by atoms with Crippen LogP contribution in [0.3, 0.4) is 0 Å². The van der Waals surface area contributed by atoms with Crippen molar-refractivity contribution in [1.82, 2.24) is 25.0 Å². The normalized spacial score (nSPS) is 20.7. The van der Waals surface area contributed by atoms with Gasteiger partial charge in [0.05, 0.1) is 6.61 Å². The molecule has 2 aromatic heterocycles. The first-order chi connectivity index (χ1) is 20.6. The number of carbonyl (C=O) groups is 1. The Morgan fingerprint density at radius 3 is 2.43 bits per heavy atom. The molecule has 1 aliphatic carbocycles. The maximum absolute atomic E-state index is 12.3. The third-order valence-electron chi connectivity index (χ3n) is 7.92. The van der Waals surface area contributed by atoms with E-state index in [9.17, 15) is 9.90 Å². The van der Waals surface area contributed by atoms with Gasteiger partial charge in [-0.2, -0.15) is 14.7 Å². The van der Waals surface area contributed by atoms with Crippen LogP contribution in [0, 0.1) is 0 Å². The summed E-state index contributed by atoms with van der Waals surface area (Å²) in [5, 5.41) is 20.5. The summed E-state index contributed by atoms with van der Waals surface area (Å²) in [6.45, 7) is 2.90. The quantitative estimate of drug-likeness (QED) is 0.214. The van der Waals surface area contributed by atoms with Crippen LogP contribution in [0.25, 0.3) is 11.2 Å². The molecule has 0 unspecified atom stereocenters. The lowest BCUT2D eigenvalue weighted by atomic mass is 9.91. The number of aliphatic hydroxyl groups is 1. The number of nitrogens with one attached hydrogen (secondary N) is 3. The first kappa shape index (κ1) is 27.9. The number of fused-ring (bicyclic) bond motifs is 1. The van der Waals surface area contributed by atoms with Gasteiger partial charge in [-0.15, -0.1) is 0 Å². The van der Waals surface area contributed by atoms with E-state index in [1.807, 2.05) is 43.3 Å². The van der Waals surface area contributed by atoms with Gasteiger partial charge in [-0.25, -0.2) is 4.98 Å². The maximum atomic E-state index is 12.3. The molecule has 11 nitrogen and oxygen atoms in total. The fraction of sp³-hybridized carbons (Fsp3) is 0.419. The van der Waals surface area contributed by atoms with Gasteiger partial charge < -0.3 is 30.6 Å². The molecule has 4 aromatic rings. The molecule has 1 saturated carbocycles. The molecule has 1 aliphatic heterocycles. The zero-order valence-corrected chi connectivity index (χ0v) is 23.6. The first-order valence-corrected chi connectivity index (χ1v) is 14.7. The lowest BCUT2D eigenvalue weighted by Crippen LogP contribution is -2.45. The number of carbonyl (C=O) groups excluding carboxylic acids is 1. The Kier molecular flexibility index (Phi) is 8.47. The van der Waals surface area contributed by atoms with E-state index in [1.165, 1.54) is 35.0 Å². The van der Waals surface area contributed by atoms with Crippen molar-refractivity contribution in [1.29, 1.82) is 0 Å². The summed E-state index contributed by atoms with van der Waals surface area (Å²) in [4.78, 5) is 32.6. The standard InChI is InChI=1S/C31H37N7O4/c1-2-32-30(40)27-26(39)24(18-41-27)42-38-19-34-25-28(36-31(37-29(25)38)35-22-15-9-10-16-22)33-17-23(20-11-5-3-6-12-20)21-13-7-4-8-14-21/h3-8,11-14,19,22-24,26-27,39H,2,9-10,15-18H2,1H3,(H,32,40)(H2,33,35,36,37)/t24-,26-,27-/m0/s1. The highest BCUT2D eigenvalue weighted by molar-refractivity contribution is 5.84. The Bertz CT molecular complexity index is 1440. The summed E-state index contributed by atoms with van der Waals surface area (Å²) < 4.78 is 7.00. The highest BCUT2D eigenvalue weighted by Crippen LogP contribution is 2.28. The van der Waals surface area contributed by atoms with Crippen LogP contribution >= 0.6 is 0 Å². The van der Waals surface area contributed by atoms with Crippen molar-refractivity contribution in [3.05, 3.63) is 78.1 Å². The predicted octanol–water partition coefficient (Wildman–Crippen LogP) is 3.12. The molecule has 0 radical (unpaired) electrons. The van der Waals surface area contributed by atoms with Gasteiger partial charge in [0, 0.05) is 25.0 Å². The minimum atomic E-state index is -1.14. The number of hydrogen-bond acceptors (Lipinski definition) is 9. The molecule has 0 bridgehead atoms. The number of ether oxygens (including phenoxy) is 1. The van der Waals surface area contributed by atoms with Crippen molar-refractivity contribution in [3.8, 4) is 0 Å². The van der Waals surface area contributed by atoms with Crippen LogP contribution in [0.1, 0.15) is 49.7 Å². The summed E-state index contributed by atoms with van der Waals surface area (Å²) in [6.07, 6.45) is 3.09. The van der Waals surface area contributed by atoms with E-state index in [1.54, 1.807) is 0 Å². The smallest absolute Gasteiger partial charge is 0.251 e. The molecule has 2 aliphatic rings. The molecule has 2 aromatic carbocycles. The monoisotopic (exact) mass is 571 g/mol. The van der Waals surface area contributed by atoms with Gasteiger partial charge in [0.1, 0.15) is 12.4 Å². The number of amides is 1. The number of likely N-dealkylation sites (N-methyl/N-ethyl adjacent to an activating group) is 1. The van der Waals surface area contributed by atoms with Crippen molar-refractivity contribution < 1.29 is 19.5 Å². The van der Waals surface area contributed by atoms with Crippen LogP contribution < -0.4 is 20.8 Å². The molecule has 3 heterocycles. The molecule has 6 rings (SSSR count). The van der Waals surface area contributed by atoms with Gasteiger partial charge in [0.15, 0.2) is 23.5 Å². The average molecular weight is 572 g/mol. The summed E-state index contributed by atoms with van der Waals surface area (Å²) in [5.41, 5.74) is 3.38. The topological polar surface area (TPSA) is 135 Å². The van der Waals surface area contributed by atoms with Crippen LogP contribution in [0.5, 0.6) is 0 Å². The van der Waals surface area contributed by atoms with Crippen LogP contribution in [-0.4, -0.2) is 74.7 Å². The summed E-state index contributed by atoms with van der Waals surface area (Å²) in [5.74, 6) is 0.790. The highest BCUT2D eigenvalue weighted by Gasteiger charge is 2.42. The highest BCUT2D eigenvalue weighted by atomic mass is 16.7. The lowest BCUT2D eigenvalue weighted by Gasteiger charge is -2.20. The molecular weight excluding hydrogens is 534 g/mol. The Morgan fingerprint density at radius 1 is 1.07 bits per heavy atom. The molecule has 11 heteroatoms. The number of rotatable bonds is 11. The molecule has 42 heavy (non-hydrogen) atoms. The van der Waals surface area contributed by atoms with E-state index >= 15 is 0 Å². The number of anilines is 2. The van der Waals surface area contributed by atoms with Gasteiger partial charge >= 0.3 is 0 Å². The summed E-state index contributed by atoms with van der Waals surface area (Å²) >= 11 is 0. The lowest BCUT2D eigenvalue weighted by molar-refractivity contribution is -0.134. The second kappa shape index (κ2) is 12.7. The van der Waals surface area contributed by atoms with Crippen LogP contribution in [-0.2, 0) is 9.53 Å². The zero-order valence-electron chi connectivity index (χ0n) is 23.6. The third kappa shape index (κ3) is 6.02. The zero-order chi connectivity index (χ0) is 28.9. The molecule has 1 amide bonds. The van der Waals surface area contributed by atoms with E-state index in [2.05, 4.69) is 45.2 Å². The minimum absolute atomic E-state index is 0.0574. The first-order valence-electron chi connectivity index (χ1n) is 14.7. The van der Waals surface area contributed by atoms with E-state index in [0.29, 0.717) is 42.1 Å². The number of aliphatic hydroxyl groups excluding tert-OH is 1. The van der Waals surface area contributed by atoms with Gasteiger partial charge in [0.25, 0.3) is 5.91 Å². The number of hydrogen-bond donors (Lipinski definition) is 4. The summed E-state index contributed by atoms with van der Waals surface area (Å²) in [7, 11) is 0. The third-order valence-corrected chi connectivity index (χ3v) is 7.92. The second-order valence-corrected chi connectivity index (χ2v) is 10.8. The molecule has 220 valence electrons. The number of aromatic nitrogens is 4. The Morgan fingerprint density at radius 2 is 1.76 bits per heavy atom. The van der Waals surface area contributed by atoms with Crippen molar-refractivity contribution in [2.75, 3.05) is 30.3 Å². The molecule has 2 fully saturated rings. The number of benzene rings is 2. The Labute approximate surface area is 244 Å². The average Bonchev–Trinajstić information content (AvgIpc) is 3.76. The van der Waals surface area contributed by atoms with E-state index in [0.717, 1.165) is 12.8 Å². The SMILES string of the molecule is CCNC(=O)[C@H]1OC[C@H](On2cnc3c(NCC(c4ccccc4)c4ccccc4)nc(NC4CCCC4)nc32)[C@@H]1O. The second-order valence-electron chi connectivity index (χ2n) is 10.8. The minimum Gasteiger partial charge on any atom is -0.402 e.